The van der Waals surface area contributed by atoms with E-state index < -0.39 is 5.97 Å². The van der Waals surface area contributed by atoms with Gasteiger partial charge in [0.1, 0.15) is 0 Å². The second-order valence-electron chi connectivity index (χ2n) is 2.95. The lowest BCUT2D eigenvalue weighted by Crippen LogP contribution is -2.22. The Morgan fingerprint density at radius 1 is 1.29 bits per heavy atom. The van der Waals surface area contributed by atoms with Crippen molar-refractivity contribution in [2.45, 2.75) is 26.2 Å². The lowest BCUT2D eigenvalue weighted by atomic mass is 10.3. The maximum atomic E-state index is 10.4. The van der Waals surface area contributed by atoms with Crippen LogP contribution in [-0.2, 0) is 14.3 Å². The van der Waals surface area contributed by atoms with Crippen molar-refractivity contribution in [1.29, 1.82) is 0 Å². The van der Waals surface area contributed by atoms with E-state index >= 15 is 0 Å². The summed E-state index contributed by atoms with van der Waals surface area (Å²) in [6.07, 6.45) is 1.44. The maximum absolute atomic E-state index is 10.4. The topological polar surface area (TPSA) is 75.6 Å². The molecule has 0 fully saturated rings. The van der Waals surface area contributed by atoms with Crippen molar-refractivity contribution in [1.82, 2.24) is 5.32 Å². The van der Waals surface area contributed by atoms with Gasteiger partial charge in [-0.2, -0.15) is 0 Å². The summed E-state index contributed by atoms with van der Waals surface area (Å²) in [6, 6.07) is 0. The molecule has 0 radical (unpaired) electrons. The molecule has 0 atom stereocenters. The van der Waals surface area contributed by atoms with E-state index in [0.29, 0.717) is 26.2 Å². The molecule has 0 heterocycles. The fourth-order valence-electron chi connectivity index (χ4n) is 0.866. The summed E-state index contributed by atoms with van der Waals surface area (Å²) in [4.78, 5) is 20.5. The minimum atomic E-state index is -0.799. The van der Waals surface area contributed by atoms with E-state index in [2.05, 4.69) is 5.32 Å². The van der Waals surface area contributed by atoms with Crippen molar-refractivity contribution in [2.24, 2.45) is 0 Å². The van der Waals surface area contributed by atoms with Gasteiger partial charge in [0.2, 0.25) is 5.91 Å². The third-order valence-corrected chi connectivity index (χ3v) is 1.52. The molecule has 0 aliphatic heterocycles. The van der Waals surface area contributed by atoms with Gasteiger partial charge in [-0.3, -0.25) is 9.59 Å². The van der Waals surface area contributed by atoms with Gasteiger partial charge in [0.15, 0.2) is 0 Å². The Hall–Kier alpha value is -1.10. The maximum Gasteiger partial charge on any atom is 0.303 e. The average Bonchev–Trinajstić information content (AvgIpc) is 2.08. The standard InChI is InChI=1S/C9H17NO4/c1-8(11)10-5-3-7-14-6-2-4-9(12)13/h2-7H2,1H3,(H,10,11)(H,12,13). The van der Waals surface area contributed by atoms with E-state index in [1.807, 2.05) is 0 Å². The molecule has 5 heteroatoms. The van der Waals surface area contributed by atoms with Gasteiger partial charge in [-0.1, -0.05) is 0 Å². The zero-order valence-electron chi connectivity index (χ0n) is 8.41. The second kappa shape index (κ2) is 8.50. The molecule has 0 unspecified atom stereocenters. The van der Waals surface area contributed by atoms with Crippen LogP contribution in [-0.4, -0.2) is 36.7 Å². The fourth-order valence-corrected chi connectivity index (χ4v) is 0.866. The summed E-state index contributed by atoms with van der Waals surface area (Å²) >= 11 is 0. The summed E-state index contributed by atoms with van der Waals surface area (Å²) in [5.41, 5.74) is 0. The first-order valence-corrected chi connectivity index (χ1v) is 4.67. The van der Waals surface area contributed by atoms with Crippen LogP contribution in [0, 0.1) is 0 Å². The first-order chi connectivity index (χ1) is 6.63. The molecule has 0 aliphatic carbocycles. The minimum Gasteiger partial charge on any atom is -0.481 e. The highest BCUT2D eigenvalue weighted by molar-refractivity contribution is 5.72. The lowest BCUT2D eigenvalue weighted by molar-refractivity contribution is -0.137. The molecule has 0 bridgehead atoms. The highest BCUT2D eigenvalue weighted by Crippen LogP contribution is 1.90. The Kier molecular flexibility index (Phi) is 7.83. The van der Waals surface area contributed by atoms with E-state index in [9.17, 15) is 9.59 Å². The third kappa shape index (κ3) is 10.9. The molecule has 0 saturated heterocycles. The molecule has 0 aromatic rings. The lowest BCUT2D eigenvalue weighted by Gasteiger charge is -2.03. The number of nitrogens with one attached hydrogen (secondary N) is 1. The predicted molar refractivity (Wildman–Crippen MR) is 51.0 cm³/mol. The molecule has 0 aliphatic rings. The number of carboxylic acids is 1. The summed E-state index contributed by atoms with van der Waals surface area (Å²) < 4.78 is 5.15. The van der Waals surface area contributed by atoms with Crippen LogP contribution in [0.25, 0.3) is 0 Å². The van der Waals surface area contributed by atoms with Crippen LogP contribution in [0.5, 0.6) is 0 Å². The van der Waals surface area contributed by atoms with Gasteiger partial charge < -0.3 is 15.2 Å². The summed E-state index contributed by atoms with van der Waals surface area (Å²) in [5, 5.41) is 11.0. The van der Waals surface area contributed by atoms with Crippen molar-refractivity contribution in [3.8, 4) is 0 Å². The van der Waals surface area contributed by atoms with Gasteiger partial charge in [-0.05, 0) is 12.8 Å². The molecule has 0 spiro atoms. The fraction of sp³-hybridized carbons (Fsp3) is 0.778. The number of carbonyl (C=O) groups is 2. The number of ether oxygens (including phenoxy) is 1. The van der Waals surface area contributed by atoms with Crippen molar-refractivity contribution in [3.63, 3.8) is 0 Å². The van der Waals surface area contributed by atoms with Gasteiger partial charge in [-0.25, -0.2) is 0 Å². The van der Waals surface area contributed by atoms with Crippen LogP contribution in [0.15, 0.2) is 0 Å². The van der Waals surface area contributed by atoms with Gasteiger partial charge in [-0.15, -0.1) is 0 Å². The molecule has 5 nitrogen and oxygen atoms in total. The highest BCUT2D eigenvalue weighted by atomic mass is 16.5. The average molecular weight is 203 g/mol. The zero-order chi connectivity index (χ0) is 10.8. The predicted octanol–water partition coefficient (Wildman–Crippen LogP) is 0.394. The normalized spacial score (nSPS) is 9.79. The summed E-state index contributed by atoms with van der Waals surface area (Å²) in [6.45, 7) is 3.09. The first kappa shape index (κ1) is 12.9. The number of carbonyl (C=O) groups excluding carboxylic acids is 1. The van der Waals surface area contributed by atoms with Crippen LogP contribution < -0.4 is 5.32 Å². The Bertz CT molecular complexity index is 162. The molecule has 2 N–H and O–H groups in total. The number of aliphatic carboxylic acids is 1. The molecule has 0 aromatic heterocycles. The van der Waals surface area contributed by atoms with Crippen molar-refractivity contribution < 1.29 is 19.4 Å². The van der Waals surface area contributed by atoms with E-state index in [1.54, 1.807) is 0 Å². The number of amides is 1. The second-order valence-corrected chi connectivity index (χ2v) is 2.95. The molecule has 0 rings (SSSR count). The van der Waals surface area contributed by atoms with Crippen LogP contribution in [0.1, 0.15) is 26.2 Å². The molecule has 0 aromatic carbocycles. The third-order valence-electron chi connectivity index (χ3n) is 1.52. The van der Waals surface area contributed by atoms with E-state index in [0.717, 1.165) is 6.42 Å². The Morgan fingerprint density at radius 2 is 1.93 bits per heavy atom. The van der Waals surface area contributed by atoms with Crippen molar-refractivity contribution in [2.75, 3.05) is 19.8 Å². The van der Waals surface area contributed by atoms with E-state index in [-0.39, 0.29) is 12.3 Å². The number of hydrogen-bond acceptors (Lipinski definition) is 3. The molecule has 14 heavy (non-hydrogen) atoms. The first-order valence-electron chi connectivity index (χ1n) is 4.67. The van der Waals surface area contributed by atoms with E-state index in [4.69, 9.17) is 9.84 Å². The number of carboxylic acid groups (broad SMARTS) is 1. The number of rotatable bonds is 8. The van der Waals surface area contributed by atoms with Gasteiger partial charge in [0, 0.05) is 33.1 Å². The van der Waals surface area contributed by atoms with Crippen LogP contribution in [0.2, 0.25) is 0 Å². The largest absolute Gasteiger partial charge is 0.481 e. The van der Waals surface area contributed by atoms with Gasteiger partial charge in [0.05, 0.1) is 0 Å². The van der Waals surface area contributed by atoms with Crippen molar-refractivity contribution >= 4 is 11.9 Å². The van der Waals surface area contributed by atoms with Gasteiger partial charge >= 0.3 is 5.97 Å². The van der Waals surface area contributed by atoms with Crippen molar-refractivity contribution in [3.05, 3.63) is 0 Å². The molecule has 1 amide bonds. The molecular formula is C9H17NO4. The summed E-state index contributed by atoms with van der Waals surface area (Å²) in [7, 11) is 0. The summed E-state index contributed by atoms with van der Waals surface area (Å²) in [5.74, 6) is -0.845. The van der Waals surface area contributed by atoms with E-state index in [1.165, 1.54) is 6.92 Å². The molecule has 82 valence electrons. The smallest absolute Gasteiger partial charge is 0.303 e. The Morgan fingerprint density at radius 3 is 2.50 bits per heavy atom. The quantitative estimate of drug-likeness (QED) is 0.560. The van der Waals surface area contributed by atoms with Crippen LogP contribution in [0.4, 0.5) is 0 Å². The molecular weight excluding hydrogens is 186 g/mol. The Balaban J connectivity index is 2.99. The number of hydrogen-bond donors (Lipinski definition) is 2. The SMILES string of the molecule is CC(=O)NCCCOCCCC(=O)O. The van der Waals surface area contributed by atoms with Crippen LogP contribution >= 0.6 is 0 Å². The van der Waals surface area contributed by atoms with Crippen LogP contribution in [0.3, 0.4) is 0 Å². The highest BCUT2D eigenvalue weighted by Gasteiger charge is 1.96. The molecule has 0 saturated carbocycles. The monoisotopic (exact) mass is 203 g/mol. The minimum absolute atomic E-state index is 0.0455. The zero-order valence-corrected chi connectivity index (χ0v) is 8.41. The van der Waals surface area contributed by atoms with Gasteiger partial charge in [0.25, 0.3) is 0 Å². The Labute approximate surface area is 83.4 Å².